The predicted octanol–water partition coefficient (Wildman–Crippen LogP) is 4.74. The summed E-state index contributed by atoms with van der Waals surface area (Å²) in [6.07, 6.45) is 1.05. The average molecular weight is 281 g/mol. The standard InChI is InChI=1S/C13H13BrS/c1-10-8-15-9-12(10)13(14)7-11-5-3-2-4-6-11/h2-6,8-9,13H,7H2,1H3. The van der Waals surface area contributed by atoms with Crippen LogP contribution in [-0.2, 0) is 6.42 Å². The van der Waals surface area contributed by atoms with E-state index < -0.39 is 0 Å². The average Bonchev–Trinajstić information content (AvgIpc) is 2.66. The molecule has 0 fully saturated rings. The van der Waals surface area contributed by atoms with E-state index in [1.54, 1.807) is 11.3 Å². The van der Waals surface area contributed by atoms with Gasteiger partial charge in [0.15, 0.2) is 0 Å². The third-order valence-electron chi connectivity index (χ3n) is 2.49. The fourth-order valence-electron chi connectivity index (χ4n) is 1.62. The Kier molecular flexibility index (Phi) is 3.60. The molecular formula is C13H13BrS. The van der Waals surface area contributed by atoms with E-state index in [0.29, 0.717) is 4.83 Å². The van der Waals surface area contributed by atoms with Crippen LogP contribution in [0.5, 0.6) is 0 Å². The summed E-state index contributed by atoms with van der Waals surface area (Å²) in [4.78, 5) is 0.436. The molecule has 0 bridgehead atoms. The predicted molar refractivity (Wildman–Crippen MR) is 70.9 cm³/mol. The van der Waals surface area contributed by atoms with E-state index in [9.17, 15) is 0 Å². The monoisotopic (exact) mass is 280 g/mol. The normalized spacial score (nSPS) is 12.7. The van der Waals surface area contributed by atoms with Crippen LogP contribution in [0.15, 0.2) is 41.1 Å². The van der Waals surface area contributed by atoms with Gasteiger partial charge in [-0.15, -0.1) is 0 Å². The van der Waals surface area contributed by atoms with E-state index in [-0.39, 0.29) is 0 Å². The second-order valence-corrected chi connectivity index (χ2v) is 5.52. The van der Waals surface area contributed by atoms with Crippen LogP contribution in [0.1, 0.15) is 21.5 Å². The van der Waals surface area contributed by atoms with Crippen molar-refractivity contribution in [2.24, 2.45) is 0 Å². The number of hydrogen-bond acceptors (Lipinski definition) is 1. The molecule has 0 N–H and O–H groups in total. The van der Waals surface area contributed by atoms with Crippen LogP contribution in [-0.4, -0.2) is 0 Å². The van der Waals surface area contributed by atoms with Crippen LogP contribution in [0.4, 0.5) is 0 Å². The molecule has 0 nitrogen and oxygen atoms in total. The molecule has 2 rings (SSSR count). The maximum absolute atomic E-state index is 3.76. The van der Waals surface area contributed by atoms with Crippen molar-refractivity contribution in [2.45, 2.75) is 18.2 Å². The van der Waals surface area contributed by atoms with Crippen LogP contribution in [0.25, 0.3) is 0 Å². The highest BCUT2D eigenvalue weighted by atomic mass is 79.9. The molecule has 0 saturated carbocycles. The zero-order chi connectivity index (χ0) is 10.7. The van der Waals surface area contributed by atoms with Gasteiger partial charge in [0, 0.05) is 4.83 Å². The second-order valence-electron chi connectivity index (χ2n) is 3.67. The van der Waals surface area contributed by atoms with Gasteiger partial charge in [0.05, 0.1) is 0 Å². The van der Waals surface area contributed by atoms with Gasteiger partial charge in [-0.25, -0.2) is 0 Å². The van der Waals surface area contributed by atoms with Crippen LogP contribution in [0.2, 0.25) is 0 Å². The zero-order valence-corrected chi connectivity index (χ0v) is 11.0. The summed E-state index contributed by atoms with van der Waals surface area (Å²) in [5, 5.41) is 4.44. The Labute approximate surface area is 103 Å². The molecule has 78 valence electrons. The first-order valence-electron chi connectivity index (χ1n) is 4.98. The van der Waals surface area contributed by atoms with Gasteiger partial charge in [-0.3, -0.25) is 0 Å². The van der Waals surface area contributed by atoms with Crippen molar-refractivity contribution >= 4 is 27.3 Å². The maximum Gasteiger partial charge on any atom is 0.0446 e. The summed E-state index contributed by atoms with van der Waals surface area (Å²) < 4.78 is 0. The fraction of sp³-hybridized carbons (Fsp3) is 0.231. The Morgan fingerprint density at radius 3 is 2.53 bits per heavy atom. The van der Waals surface area contributed by atoms with Crippen molar-refractivity contribution in [1.29, 1.82) is 0 Å². The van der Waals surface area contributed by atoms with Crippen LogP contribution >= 0.6 is 27.3 Å². The molecule has 1 aromatic carbocycles. The lowest BCUT2D eigenvalue weighted by Crippen LogP contribution is -1.95. The Bertz CT molecular complexity index is 419. The molecule has 15 heavy (non-hydrogen) atoms. The third-order valence-corrected chi connectivity index (χ3v) is 4.19. The van der Waals surface area contributed by atoms with Gasteiger partial charge in [-0.2, -0.15) is 11.3 Å². The van der Waals surface area contributed by atoms with E-state index in [2.05, 4.69) is 63.9 Å². The summed E-state index contributed by atoms with van der Waals surface area (Å²) in [7, 11) is 0. The summed E-state index contributed by atoms with van der Waals surface area (Å²) in [5.74, 6) is 0. The minimum absolute atomic E-state index is 0.436. The lowest BCUT2D eigenvalue weighted by atomic mass is 10.0. The lowest BCUT2D eigenvalue weighted by molar-refractivity contribution is 0.945. The van der Waals surface area contributed by atoms with E-state index in [1.807, 2.05) is 0 Å². The van der Waals surface area contributed by atoms with Gasteiger partial charge in [-0.05, 0) is 40.8 Å². The highest BCUT2D eigenvalue weighted by Crippen LogP contribution is 2.31. The van der Waals surface area contributed by atoms with E-state index in [1.165, 1.54) is 16.7 Å². The van der Waals surface area contributed by atoms with Crippen molar-refractivity contribution < 1.29 is 0 Å². The molecule has 0 saturated heterocycles. The van der Waals surface area contributed by atoms with Gasteiger partial charge in [-0.1, -0.05) is 46.3 Å². The zero-order valence-electron chi connectivity index (χ0n) is 8.61. The van der Waals surface area contributed by atoms with Crippen molar-refractivity contribution in [3.05, 3.63) is 57.8 Å². The molecule has 1 unspecified atom stereocenters. The minimum atomic E-state index is 0.436. The van der Waals surface area contributed by atoms with Gasteiger partial charge in [0.1, 0.15) is 0 Å². The molecule has 0 aliphatic heterocycles. The van der Waals surface area contributed by atoms with Gasteiger partial charge >= 0.3 is 0 Å². The molecule has 0 spiro atoms. The van der Waals surface area contributed by atoms with E-state index >= 15 is 0 Å². The third kappa shape index (κ3) is 2.70. The Hall–Kier alpha value is -0.600. The summed E-state index contributed by atoms with van der Waals surface area (Å²) in [6, 6.07) is 10.6. The van der Waals surface area contributed by atoms with Gasteiger partial charge in [0.25, 0.3) is 0 Å². The van der Waals surface area contributed by atoms with Gasteiger partial charge < -0.3 is 0 Å². The Balaban J connectivity index is 2.11. The van der Waals surface area contributed by atoms with E-state index in [0.717, 1.165) is 6.42 Å². The quantitative estimate of drug-likeness (QED) is 0.713. The van der Waals surface area contributed by atoms with Crippen molar-refractivity contribution in [3.8, 4) is 0 Å². The Morgan fingerprint density at radius 2 is 1.93 bits per heavy atom. The number of aryl methyl sites for hydroxylation is 1. The molecule has 0 aliphatic carbocycles. The highest BCUT2D eigenvalue weighted by molar-refractivity contribution is 9.09. The second kappa shape index (κ2) is 4.95. The summed E-state index contributed by atoms with van der Waals surface area (Å²) >= 11 is 5.53. The number of benzene rings is 1. The van der Waals surface area contributed by atoms with Crippen molar-refractivity contribution in [2.75, 3.05) is 0 Å². The summed E-state index contributed by atoms with van der Waals surface area (Å²) in [5.41, 5.74) is 4.19. The Morgan fingerprint density at radius 1 is 1.20 bits per heavy atom. The lowest BCUT2D eigenvalue weighted by Gasteiger charge is -2.09. The molecule has 0 radical (unpaired) electrons. The maximum atomic E-state index is 3.76. The SMILES string of the molecule is Cc1cscc1C(Br)Cc1ccccc1. The minimum Gasteiger partial charge on any atom is -0.152 e. The number of rotatable bonds is 3. The molecule has 1 aromatic heterocycles. The topological polar surface area (TPSA) is 0 Å². The first-order valence-corrected chi connectivity index (χ1v) is 6.84. The van der Waals surface area contributed by atoms with Crippen LogP contribution in [0, 0.1) is 6.92 Å². The molecular weight excluding hydrogens is 268 g/mol. The van der Waals surface area contributed by atoms with Crippen molar-refractivity contribution in [1.82, 2.24) is 0 Å². The molecule has 2 heteroatoms. The number of thiophene rings is 1. The molecule has 2 aromatic rings. The first-order chi connectivity index (χ1) is 7.27. The van der Waals surface area contributed by atoms with Crippen LogP contribution in [0.3, 0.4) is 0 Å². The molecule has 1 heterocycles. The van der Waals surface area contributed by atoms with Gasteiger partial charge in [0.2, 0.25) is 0 Å². The molecule has 1 atom stereocenters. The summed E-state index contributed by atoms with van der Waals surface area (Å²) in [6.45, 7) is 2.17. The highest BCUT2D eigenvalue weighted by Gasteiger charge is 2.11. The van der Waals surface area contributed by atoms with Crippen LogP contribution < -0.4 is 0 Å². The number of alkyl halides is 1. The van der Waals surface area contributed by atoms with E-state index in [4.69, 9.17) is 0 Å². The number of hydrogen-bond donors (Lipinski definition) is 0. The first kappa shape index (κ1) is 10.9. The molecule has 0 aliphatic rings. The largest absolute Gasteiger partial charge is 0.152 e. The number of halogens is 1. The van der Waals surface area contributed by atoms with Crippen molar-refractivity contribution in [3.63, 3.8) is 0 Å². The smallest absolute Gasteiger partial charge is 0.0446 e. The fourth-order valence-corrected chi connectivity index (χ4v) is 3.57. The molecule has 0 amide bonds.